The smallest absolute Gasteiger partial charge is 0.195 e. The van der Waals surface area contributed by atoms with Crippen LogP contribution in [0, 0.1) is 0 Å². The van der Waals surface area contributed by atoms with Gasteiger partial charge in [-0.05, 0) is 20.0 Å². The molecule has 0 bridgehead atoms. The van der Waals surface area contributed by atoms with E-state index < -0.39 is 0 Å². The molecule has 1 aliphatic heterocycles. The fraction of sp³-hybridized carbons (Fsp3) is 0.643. The van der Waals surface area contributed by atoms with Crippen LogP contribution in [-0.2, 0) is 6.54 Å². The summed E-state index contributed by atoms with van der Waals surface area (Å²) < 4.78 is 2.19. The molecule has 1 saturated heterocycles. The Morgan fingerprint density at radius 3 is 3.05 bits per heavy atom. The molecule has 0 aromatic carbocycles. The number of nitrogens with one attached hydrogen (secondary N) is 1. The molecule has 0 amide bonds. The lowest BCUT2D eigenvalue weighted by atomic mass is 10.3. The summed E-state index contributed by atoms with van der Waals surface area (Å²) >= 11 is 1.68. The first kappa shape index (κ1) is 14.8. The molecule has 0 unspecified atom stereocenters. The standard InChI is InChI=1S/C14H23N5OS/c1-15-11-12-13(16-14-19(12)8-10-21-14)18-4-2-3-17(5-6-18)7-9-20/h8,10,15,20H,2-7,9,11H2,1H3. The maximum Gasteiger partial charge on any atom is 0.195 e. The van der Waals surface area contributed by atoms with Crippen LogP contribution in [0.1, 0.15) is 12.1 Å². The SMILES string of the molecule is CNCc1c(N2CCCN(CCO)CC2)nc2sccn12. The molecule has 3 heterocycles. The van der Waals surface area contributed by atoms with Gasteiger partial charge in [-0.2, -0.15) is 0 Å². The van der Waals surface area contributed by atoms with E-state index in [4.69, 9.17) is 10.1 Å². The van der Waals surface area contributed by atoms with E-state index in [0.717, 1.165) is 56.5 Å². The number of aromatic nitrogens is 2. The van der Waals surface area contributed by atoms with Gasteiger partial charge >= 0.3 is 0 Å². The Bertz CT molecular complexity index is 581. The Labute approximate surface area is 129 Å². The van der Waals surface area contributed by atoms with Gasteiger partial charge in [0.25, 0.3) is 0 Å². The Kier molecular flexibility index (Phi) is 4.74. The fourth-order valence-electron chi connectivity index (χ4n) is 2.95. The van der Waals surface area contributed by atoms with Crippen LogP contribution in [0.3, 0.4) is 0 Å². The van der Waals surface area contributed by atoms with E-state index in [9.17, 15) is 0 Å². The van der Waals surface area contributed by atoms with E-state index in [1.165, 1.54) is 5.69 Å². The average molecular weight is 309 g/mol. The lowest BCUT2D eigenvalue weighted by molar-refractivity contribution is 0.204. The summed E-state index contributed by atoms with van der Waals surface area (Å²) in [5, 5.41) is 14.4. The zero-order chi connectivity index (χ0) is 14.7. The van der Waals surface area contributed by atoms with Crippen LogP contribution in [0.4, 0.5) is 5.82 Å². The summed E-state index contributed by atoms with van der Waals surface area (Å²) in [5.74, 6) is 1.11. The third kappa shape index (κ3) is 3.06. The molecule has 2 aromatic heterocycles. The highest BCUT2D eigenvalue weighted by Gasteiger charge is 2.21. The minimum absolute atomic E-state index is 0.241. The van der Waals surface area contributed by atoms with Crippen LogP contribution in [0.5, 0.6) is 0 Å². The molecule has 0 radical (unpaired) electrons. The van der Waals surface area contributed by atoms with Gasteiger partial charge in [0.15, 0.2) is 10.8 Å². The summed E-state index contributed by atoms with van der Waals surface area (Å²) in [6, 6.07) is 0. The highest BCUT2D eigenvalue weighted by Crippen LogP contribution is 2.25. The van der Waals surface area contributed by atoms with Crippen molar-refractivity contribution >= 4 is 22.1 Å². The molecule has 1 fully saturated rings. The van der Waals surface area contributed by atoms with Crippen molar-refractivity contribution in [3.05, 3.63) is 17.3 Å². The van der Waals surface area contributed by atoms with Gasteiger partial charge in [0, 0.05) is 44.3 Å². The van der Waals surface area contributed by atoms with Crippen molar-refractivity contribution in [2.45, 2.75) is 13.0 Å². The average Bonchev–Trinajstić information content (AvgIpc) is 2.97. The number of aliphatic hydroxyl groups is 1. The molecular formula is C14H23N5OS. The number of hydrogen-bond donors (Lipinski definition) is 2. The van der Waals surface area contributed by atoms with Gasteiger partial charge in [-0.25, -0.2) is 4.98 Å². The maximum atomic E-state index is 9.10. The third-order valence-electron chi connectivity index (χ3n) is 3.99. The van der Waals surface area contributed by atoms with Gasteiger partial charge in [0.1, 0.15) is 0 Å². The molecule has 2 N–H and O–H groups in total. The Balaban J connectivity index is 1.82. The fourth-order valence-corrected chi connectivity index (χ4v) is 3.68. The molecule has 0 saturated carbocycles. The number of rotatable bonds is 5. The van der Waals surface area contributed by atoms with Gasteiger partial charge in [-0.3, -0.25) is 9.30 Å². The molecule has 3 rings (SSSR count). The topological polar surface area (TPSA) is 56.0 Å². The second-order valence-corrected chi connectivity index (χ2v) is 6.25. The van der Waals surface area contributed by atoms with Crippen molar-refractivity contribution < 1.29 is 5.11 Å². The van der Waals surface area contributed by atoms with Crippen LogP contribution in [0.2, 0.25) is 0 Å². The van der Waals surface area contributed by atoms with Crippen molar-refractivity contribution in [3.63, 3.8) is 0 Å². The van der Waals surface area contributed by atoms with Crippen molar-refractivity contribution in [2.24, 2.45) is 0 Å². The normalized spacial score (nSPS) is 17.5. The summed E-state index contributed by atoms with van der Waals surface area (Å²) in [4.78, 5) is 10.6. The monoisotopic (exact) mass is 309 g/mol. The molecule has 1 aliphatic rings. The van der Waals surface area contributed by atoms with Crippen molar-refractivity contribution in [1.29, 1.82) is 0 Å². The van der Waals surface area contributed by atoms with Crippen molar-refractivity contribution in [1.82, 2.24) is 19.6 Å². The highest BCUT2D eigenvalue weighted by molar-refractivity contribution is 7.15. The van der Waals surface area contributed by atoms with E-state index in [2.05, 4.69) is 31.1 Å². The van der Waals surface area contributed by atoms with Crippen LogP contribution < -0.4 is 10.2 Å². The minimum Gasteiger partial charge on any atom is -0.395 e. The zero-order valence-corrected chi connectivity index (χ0v) is 13.3. The molecule has 116 valence electrons. The first-order chi connectivity index (χ1) is 10.3. The summed E-state index contributed by atoms with van der Waals surface area (Å²) in [5.41, 5.74) is 1.24. The van der Waals surface area contributed by atoms with E-state index in [1.54, 1.807) is 11.3 Å². The van der Waals surface area contributed by atoms with Crippen LogP contribution in [-0.4, -0.2) is 65.8 Å². The number of thiazole rings is 1. The molecule has 2 aromatic rings. The predicted octanol–water partition coefficient (Wildman–Crippen LogP) is 0.620. The van der Waals surface area contributed by atoms with Crippen LogP contribution in [0.25, 0.3) is 4.96 Å². The van der Waals surface area contributed by atoms with Gasteiger partial charge in [0.2, 0.25) is 0 Å². The van der Waals surface area contributed by atoms with Gasteiger partial charge in [-0.1, -0.05) is 0 Å². The maximum absolute atomic E-state index is 9.10. The molecule has 21 heavy (non-hydrogen) atoms. The lowest BCUT2D eigenvalue weighted by Gasteiger charge is -2.22. The van der Waals surface area contributed by atoms with Crippen LogP contribution >= 0.6 is 11.3 Å². The zero-order valence-electron chi connectivity index (χ0n) is 12.5. The Morgan fingerprint density at radius 1 is 1.33 bits per heavy atom. The minimum atomic E-state index is 0.241. The molecular weight excluding hydrogens is 286 g/mol. The van der Waals surface area contributed by atoms with Gasteiger partial charge < -0.3 is 15.3 Å². The van der Waals surface area contributed by atoms with Crippen LogP contribution in [0.15, 0.2) is 11.6 Å². The predicted molar refractivity (Wildman–Crippen MR) is 86.2 cm³/mol. The summed E-state index contributed by atoms with van der Waals surface area (Å²) in [6.07, 6.45) is 3.21. The van der Waals surface area contributed by atoms with Crippen molar-refractivity contribution in [2.75, 3.05) is 51.3 Å². The number of hydrogen-bond acceptors (Lipinski definition) is 6. The first-order valence-corrected chi connectivity index (χ1v) is 8.38. The first-order valence-electron chi connectivity index (χ1n) is 7.50. The van der Waals surface area contributed by atoms with Gasteiger partial charge in [0.05, 0.1) is 12.3 Å². The quantitative estimate of drug-likeness (QED) is 0.848. The molecule has 0 atom stereocenters. The number of fused-ring (bicyclic) bond motifs is 1. The number of nitrogens with zero attached hydrogens (tertiary/aromatic N) is 4. The van der Waals surface area contributed by atoms with Gasteiger partial charge in [-0.15, -0.1) is 11.3 Å². The number of imidazole rings is 1. The molecule has 6 nitrogen and oxygen atoms in total. The van der Waals surface area contributed by atoms with E-state index in [1.807, 2.05) is 7.05 Å². The second-order valence-electron chi connectivity index (χ2n) is 5.37. The van der Waals surface area contributed by atoms with Crippen molar-refractivity contribution in [3.8, 4) is 0 Å². The van der Waals surface area contributed by atoms with E-state index in [0.29, 0.717) is 0 Å². The van der Waals surface area contributed by atoms with E-state index in [-0.39, 0.29) is 6.61 Å². The lowest BCUT2D eigenvalue weighted by Crippen LogP contribution is -2.33. The molecule has 0 spiro atoms. The third-order valence-corrected chi connectivity index (χ3v) is 4.75. The number of aliphatic hydroxyl groups excluding tert-OH is 1. The largest absolute Gasteiger partial charge is 0.395 e. The Morgan fingerprint density at radius 2 is 2.24 bits per heavy atom. The number of anilines is 1. The molecule has 0 aliphatic carbocycles. The number of β-amino-alcohol motifs (C(OH)–C–C–N with tert-alkyl or cyclic N) is 1. The van der Waals surface area contributed by atoms with E-state index >= 15 is 0 Å². The Hall–Kier alpha value is -1.15. The summed E-state index contributed by atoms with van der Waals surface area (Å²) in [6.45, 7) is 5.89. The summed E-state index contributed by atoms with van der Waals surface area (Å²) in [7, 11) is 1.97. The highest BCUT2D eigenvalue weighted by atomic mass is 32.1. The molecule has 7 heteroatoms. The second kappa shape index (κ2) is 6.74.